The zero-order valence-electron chi connectivity index (χ0n) is 9.28. The zero-order chi connectivity index (χ0) is 11.2. The van der Waals surface area contributed by atoms with Gasteiger partial charge in [0.05, 0.1) is 5.88 Å². The average Bonchev–Trinajstić information content (AvgIpc) is 2.64. The molecule has 16 heavy (non-hydrogen) atoms. The standard InChI is InChI=1S/C12H14ClN3/c1-12(5-3-6-12)16-10(8-13)15-9-4-2-7-14-11(9)16/h2,4,7H,3,5-6,8H2,1H3. The van der Waals surface area contributed by atoms with Gasteiger partial charge >= 0.3 is 0 Å². The molecule has 4 heteroatoms. The van der Waals surface area contributed by atoms with Gasteiger partial charge in [0.2, 0.25) is 0 Å². The number of hydrogen-bond acceptors (Lipinski definition) is 2. The monoisotopic (exact) mass is 235 g/mol. The van der Waals surface area contributed by atoms with Gasteiger partial charge in [0.1, 0.15) is 11.3 Å². The maximum absolute atomic E-state index is 5.98. The molecule has 2 aromatic rings. The predicted octanol–water partition coefficient (Wildman–Crippen LogP) is 3.07. The van der Waals surface area contributed by atoms with Crippen LogP contribution < -0.4 is 0 Å². The van der Waals surface area contributed by atoms with E-state index in [1.165, 1.54) is 19.3 Å². The summed E-state index contributed by atoms with van der Waals surface area (Å²) in [7, 11) is 0. The van der Waals surface area contributed by atoms with E-state index in [0.29, 0.717) is 5.88 Å². The summed E-state index contributed by atoms with van der Waals surface area (Å²) in [5, 5.41) is 0. The van der Waals surface area contributed by atoms with E-state index >= 15 is 0 Å². The third kappa shape index (κ3) is 1.27. The molecule has 0 amide bonds. The van der Waals surface area contributed by atoms with Crippen LogP contribution >= 0.6 is 11.6 Å². The third-order valence-electron chi connectivity index (χ3n) is 3.58. The van der Waals surface area contributed by atoms with Crippen molar-refractivity contribution in [1.29, 1.82) is 0 Å². The fourth-order valence-corrected chi connectivity index (χ4v) is 2.71. The lowest BCUT2D eigenvalue weighted by atomic mass is 9.78. The van der Waals surface area contributed by atoms with Crippen molar-refractivity contribution in [3.63, 3.8) is 0 Å². The van der Waals surface area contributed by atoms with Crippen molar-refractivity contribution in [2.45, 2.75) is 37.6 Å². The summed E-state index contributed by atoms with van der Waals surface area (Å²) in [6.45, 7) is 2.27. The van der Waals surface area contributed by atoms with Crippen LogP contribution in [0.25, 0.3) is 11.2 Å². The highest BCUT2D eigenvalue weighted by atomic mass is 35.5. The van der Waals surface area contributed by atoms with E-state index in [0.717, 1.165) is 17.0 Å². The molecule has 0 radical (unpaired) electrons. The second kappa shape index (κ2) is 3.45. The number of alkyl halides is 1. The first kappa shape index (κ1) is 10.1. The molecule has 1 saturated carbocycles. The van der Waals surface area contributed by atoms with Crippen LogP contribution in [0.2, 0.25) is 0 Å². The molecule has 0 bridgehead atoms. The number of nitrogens with zero attached hydrogens (tertiary/aromatic N) is 3. The van der Waals surface area contributed by atoms with Crippen LogP contribution in [0, 0.1) is 0 Å². The van der Waals surface area contributed by atoms with Crippen LogP contribution in [0.3, 0.4) is 0 Å². The highest BCUT2D eigenvalue weighted by Crippen LogP contribution is 2.41. The van der Waals surface area contributed by atoms with Gasteiger partial charge < -0.3 is 4.57 Å². The summed E-state index contributed by atoms with van der Waals surface area (Å²) < 4.78 is 2.23. The lowest BCUT2D eigenvalue weighted by Gasteiger charge is -2.40. The Morgan fingerprint density at radius 1 is 1.50 bits per heavy atom. The Morgan fingerprint density at radius 3 is 2.94 bits per heavy atom. The zero-order valence-corrected chi connectivity index (χ0v) is 10.0. The SMILES string of the molecule is CC1(n2c(CCl)nc3cccnc32)CCC1. The van der Waals surface area contributed by atoms with Gasteiger partial charge in [-0.05, 0) is 38.3 Å². The normalized spacial score (nSPS) is 18.6. The van der Waals surface area contributed by atoms with E-state index < -0.39 is 0 Å². The molecule has 2 aromatic heterocycles. The first-order chi connectivity index (χ1) is 7.74. The molecule has 3 rings (SSSR count). The lowest BCUT2D eigenvalue weighted by molar-refractivity contribution is 0.170. The summed E-state index contributed by atoms with van der Waals surface area (Å²) in [5.74, 6) is 1.39. The number of halogens is 1. The number of fused-ring (bicyclic) bond motifs is 1. The van der Waals surface area contributed by atoms with Crippen LogP contribution in [0.4, 0.5) is 0 Å². The Balaban J connectivity index is 2.27. The molecule has 0 saturated heterocycles. The summed E-state index contributed by atoms with van der Waals surface area (Å²) >= 11 is 5.98. The van der Waals surface area contributed by atoms with Crippen molar-refractivity contribution in [2.75, 3.05) is 0 Å². The molecule has 1 aliphatic carbocycles. The number of imidazole rings is 1. The first-order valence-corrected chi connectivity index (χ1v) is 6.17. The highest BCUT2D eigenvalue weighted by Gasteiger charge is 2.36. The highest BCUT2D eigenvalue weighted by molar-refractivity contribution is 6.16. The Morgan fingerprint density at radius 2 is 2.31 bits per heavy atom. The first-order valence-electron chi connectivity index (χ1n) is 5.63. The Kier molecular flexibility index (Phi) is 2.18. The van der Waals surface area contributed by atoms with Crippen molar-refractivity contribution >= 4 is 22.8 Å². The van der Waals surface area contributed by atoms with Gasteiger partial charge in [0.25, 0.3) is 0 Å². The van der Waals surface area contributed by atoms with E-state index in [4.69, 9.17) is 11.6 Å². The van der Waals surface area contributed by atoms with E-state index in [1.54, 1.807) is 0 Å². The number of aromatic nitrogens is 3. The summed E-state index contributed by atoms with van der Waals surface area (Å²) in [6.07, 6.45) is 5.49. The topological polar surface area (TPSA) is 30.7 Å². The van der Waals surface area contributed by atoms with Gasteiger partial charge in [-0.1, -0.05) is 0 Å². The van der Waals surface area contributed by atoms with Crippen LogP contribution in [0.15, 0.2) is 18.3 Å². The molecule has 1 aliphatic rings. The maximum Gasteiger partial charge on any atom is 0.160 e. The van der Waals surface area contributed by atoms with E-state index in [9.17, 15) is 0 Å². The molecular weight excluding hydrogens is 222 g/mol. The Bertz CT molecular complexity index is 528. The minimum Gasteiger partial charge on any atom is -0.306 e. The van der Waals surface area contributed by atoms with E-state index in [-0.39, 0.29) is 5.54 Å². The average molecular weight is 236 g/mol. The van der Waals surface area contributed by atoms with Crippen molar-refractivity contribution in [2.24, 2.45) is 0 Å². The van der Waals surface area contributed by atoms with Crippen molar-refractivity contribution in [1.82, 2.24) is 14.5 Å². The van der Waals surface area contributed by atoms with Crippen molar-refractivity contribution in [3.05, 3.63) is 24.2 Å². The van der Waals surface area contributed by atoms with Gasteiger partial charge in [-0.25, -0.2) is 9.97 Å². The molecule has 84 valence electrons. The largest absolute Gasteiger partial charge is 0.306 e. The number of hydrogen-bond donors (Lipinski definition) is 0. The molecule has 2 heterocycles. The minimum atomic E-state index is 0.174. The Labute approximate surface area is 99.5 Å². The molecule has 0 N–H and O–H groups in total. The third-order valence-corrected chi connectivity index (χ3v) is 3.81. The second-order valence-corrected chi connectivity index (χ2v) is 4.96. The molecular formula is C12H14ClN3. The van der Waals surface area contributed by atoms with Gasteiger partial charge in [0, 0.05) is 11.7 Å². The maximum atomic E-state index is 5.98. The molecule has 0 aromatic carbocycles. The van der Waals surface area contributed by atoms with Gasteiger partial charge in [-0.15, -0.1) is 11.6 Å². The molecule has 0 aliphatic heterocycles. The van der Waals surface area contributed by atoms with Crippen molar-refractivity contribution in [3.8, 4) is 0 Å². The molecule has 0 spiro atoms. The summed E-state index contributed by atoms with van der Waals surface area (Å²) in [4.78, 5) is 8.99. The Hall–Kier alpha value is -1.09. The molecule has 3 nitrogen and oxygen atoms in total. The number of pyridine rings is 1. The minimum absolute atomic E-state index is 0.174. The van der Waals surface area contributed by atoms with Crippen LogP contribution in [0.5, 0.6) is 0 Å². The summed E-state index contributed by atoms with van der Waals surface area (Å²) in [5.41, 5.74) is 2.10. The van der Waals surface area contributed by atoms with Crippen LogP contribution in [-0.2, 0) is 11.4 Å². The summed E-state index contributed by atoms with van der Waals surface area (Å²) in [6, 6.07) is 3.91. The van der Waals surface area contributed by atoms with Crippen LogP contribution in [0.1, 0.15) is 32.0 Å². The van der Waals surface area contributed by atoms with Gasteiger partial charge in [-0.3, -0.25) is 0 Å². The van der Waals surface area contributed by atoms with E-state index in [2.05, 4.69) is 21.5 Å². The molecule has 1 fully saturated rings. The molecule has 0 unspecified atom stereocenters. The van der Waals surface area contributed by atoms with Gasteiger partial charge in [-0.2, -0.15) is 0 Å². The van der Waals surface area contributed by atoms with Crippen LogP contribution in [-0.4, -0.2) is 14.5 Å². The van der Waals surface area contributed by atoms with Gasteiger partial charge in [0.15, 0.2) is 5.65 Å². The predicted molar refractivity (Wildman–Crippen MR) is 64.6 cm³/mol. The fraction of sp³-hybridized carbons (Fsp3) is 0.500. The van der Waals surface area contributed by atoms with Crippen molar-refractivity contribution < 1.29 is 0 Å². The fourth-order valence-electron chi connectivity index (χ4n) is 2.53. The number of rotatable bonds is 2. The lowest BCUT2D eigenvalue weighted by Crippen LogP contribution is -2.38. The second-order valence-electron chi connectivity index (χ2n) is 4.69. The molecule has 0 atom stereocenters. The quantitative estimate of drug-likeness (QED) is 0.749. The smallest absolute Gasteiger partial charge is 0.160 e. The van der Waals surface area contributed by atoms with E-state index in [1.807, 2.05) is 18.3 Å².